The normalized spacial score (nSPS) is 10.8. The second-order valence-corrected chi connectivity index (χ2v) is 3.97. The molecule has 17 heavy (non-hydrogen) atoms. The fourth-order valence-corrected chi connectivity index (χ4v) is 1.66. The molecule has 0 aliphatic rings. The number of aromatic nitrogens is 2. The lowest BCUT2D eigenvalue weighted by atomic mass is 10.2. The van der Waals surface area contributed by atoms with Crippen LogP contribution in [0.5, 0.6) is 0 Å². The van der Waals surface area contributed by atoms with Crippen LogP contribution in [0, 0.1) is 12.7 Å². The summed E-state index contributed by atoms with van der Waals surface area (Å²) in [5.41, 5.74) is 2.30. The zero-order chi connectivity index (χ0) is 12.3. The van der Waals surface area contributed by atoms with Crippen molar-refractivity contribution in [1.29, 1.82) is 0 Å². The zero-order valence-corrected chi connectivity index (χ0v) is 10.1. The van der Waals surface area contributed by atoms with E-state index in [1.54, 1.807) is 23.0 Å². The van der Waals surface area contributed by atoms with E-state index in [9.17, 15) is 4.39 Å². The topological polar surface area (TPSA) is 29.9 Å². The predicted molar refractivity (Wildman–Crippen MR) is 65.6 cm³/mol. The largest absolute Gasteiger partial charge is 0.313 e. The average molecular weight is 233 g/mol. The molecule has 1 N–H and O–H groups in total. The van der Waals surface area contributed by atoms with Crippen LogP contribution in [0.25, 0.3) is 5.69 Å². The van der Waals surface area contributed by atoms with Crippen LogP contribution in [0.2, 0.25) is 0 Å². The van der Waals surface area contributed by atoms with Crippen LogP contribution in [-0.2, 0) is 6.54 Å². The summed E-state index contributed by atoms with van der Waals surface area (Å²) < 4.78 is 15.4. The number of nitrogens with zero attached hydrogens (tertiary/aromatic N) is 2. The van der Waals surface area contributed by atoms with Gasteiger partial charge in [0.25, 0.3) is 0 Å². The fourth-order valence-electron chi connectivity index (χ4n) is 1.66. The first-order chi connectivity index (χ1) is 8.20. The SMILES string of the molecule is CCNCc1ccc(-n2ccc(C)n2)c(F)c1. The summed E-state index contributed by atoms with van der Waals surface area (Å²) in [6.45, 7) is 5.47. The molecule has 0 fully saturated rings. The quantitative estimate of drug-likeness (QED) is 0.879. The summed E-state index contributed by atoms with van der Waals surface area (Å²) in [7, 11) is 0. The third kappa shape index (κ3) is 2.71. The van der Waals surface area contributed by atoms with Gasteiger partial charge in [0.05, 0.1) is 5.69 Å². The standard InChI is InChI=1S/C13H16FN3/c1-3-15-9-11-4-5-13(12(14)8-11)17-7-6-10(2)16-17/h4-8,15H,3,9H2,1-2H3. The van der Waals surface area contributed by atoms with E-state index in [2.05, 4.69) is 10.4 Å². The Morgan fingerprint density at radius 3 is 2.76 bits per heavy atom. The lowest BCUT2D eigenvalue weighted by molar-refractivity contribution is 0.605. The Bertz CT molecular complexity index is 505. The lowest BCUT2D eigenvalue weighted by Gasteiger charge is -2.06. The summed E-state index contributed by atoms with van der Waals surface area (Å²) >= 11 is 0. The van der Waals surface area contributed by atoms with Gasteiger partial charge in [0.15, 0.2) is 0 Å². The minimum Gasteiger partial charge on any atom is -0.313 e. The molecule has 1 aromatic carbocycles. The van der Waals surface area contributed by atoms with E-state index in [0.717, 1.165) is 17.8 Å². The van der Waals surface area contributed by atoms with Gasteiger partial charge in [-0.2, -0.15) is 5.10 Å². The molecule has 3 nitrogen and oxygen atoms in total. The molecule has 1 aromatic heterocycles. The van der Waals surface area contributed by atoms with E-state index in [4.69, 9.17) is 0 Å². The number of hydrogen-bond acceptors (Lipinski definition) is 2. The molecule has 0 amide bonds. The molecule has 0 atom stereocenters. The van der Waals surface area contributed by atoms with Crippen molar-refractivity contribution in [3.05, 3.63) is 47.5 Å². The van der Waals surface area contributed by atoms with Crippen molar-refractivity contribution >= 4 is 0 Å². The molecule has 2 aromatic rings. The molecule has 4 heteroatoms. The molecule has 0 aliphatic carbocycles. The summed E-state index contributed by atoms with van der Waals surface area (Å²) in [4.78, 5) is 0. The minimum atomic E-state index is -0.247. The van der Waals surface area contributed by atoms with E-state index in [-0.39, 0.29) is 5.82 Å². The Kier molecular flexibility index (Phi) is 3.54. The van der Waals surface area contributed by atoms with Crippen LogP contribution in [0.1, 0.15) is 18.2 Å². The van der Waals surface area contributed by atoms with E-state index in [1.807, 2.05) is 26.0 Å². The Morgan fingerprint density at radius 1 is 1.35 bits per heavy atom. The molecule has 0 saturated heterocycles. The van der Waals surface area contributed by atoms with Crippen LogP contribution in [0.3, 0.4) is 0 Å². The lowest BCUT2D eigenvalue weighted by Crippen LogP contribution is -2.12. The average Bonchev–Trinajstić information content (AvgIpc) is 2.73. The molecule has 0 aliphatic heterocycles. The summed E-state index contributed by atoms with van der Waals surface area (Å²) in [6, 6.07) is 7.08. The number of halogens is 1. The van der Waals surface area contributed by atoms with Gasteiger partial charge >= 0.3 is 0 Å². The van der Waals surface area contributed by atoms with Gasteiger partial charge in [-0.1, -0.05) is 13.0 Å². The van der Waals surface area contributed by atoms with Crippen molar-refractivity contribution in [2.24, 2.45) is 0 Å². The molecule has 90 valence electrons. The van der Waals surface area contributed by atoms with Crippen molar-refractivity contribution in [3.8, 4) is 5.69 Å². The molecule has 0 unspecified atom stereocenters. The number of nitrogens with one attached hydrogen (secondary N) is 1. The highest BCUT2D eigenvalue weighted by Crippen LogP contribution is 2.14. The second-order valence-electron chi connectivity index (χ2n) is 3.97. The minimum absolute atomic E-state index is 0.247. The Hall–Kier alpha value is -1.68. The predicted octanol–water partition coefficient (Wildman–Crippen LogP) is 2.43. The van der Waals surface area contributed by atoms with Gasteiger partial charge in [0, 0.05) is 12.7 Å². The number of aryl methyl sites for hydroxylation is 1. The fraction of sp³-hybridized carbons (Fsp3) is 0.308. The summed E-state index contributed by atoms with van der Waals surface area (Å²) in [6.07, 6.45) is 1.76. The molecule has 0 bridgehead atoms. The summed E-state index contributed by atoms with van der Waals surface area (Å²) in [5.74, 6) is -0.247. The third-order valence-electron chi connectivity index (χ3n) is 2.56. The first-order valence-corrected chi connectivity index (χ1v) is 5.72. The Balaban J connectivity index is 2.25. The first kappa shape index (κ1) is 11.8. The highest BCUT2D eigenvalue weighted by Gasteiger charge is 2.06. The smallest absolute Gasteiger partial charge is 0.149 e. The van der Waals surface area contributed by atoms with Crippen LogP contribution < -0.4 is 5.32 Å². The van der Waals surface area contributed by atoms with Crippen LogP contribution in [0.15, 0.2) is 30.5 Å². The van der Waals surface area contributed by atoms with Crippen LogP contribution >= 0.6 is 0 Å². The van der Waals surface area contributed by atoms with Crippen molar-refractivity contribution in [2.45, 2.75) is 20.4 Å². The van der Waals surface area contributed by atoms with E-state index >= 15 is 0 Å². The number of hydrogen-bond donors (Lipinski definition) is 1. The monoisotopic (exact) mass is 233 g/mol. The molecular formula is C13H16FN3. The van der Waals surface area contributed by atoms with Gasteiger partial charge in [-0.05, 0) is 37.2 Å². The van der Waals surface area contributed by atoms with Gasteiger partial charge in [-0.15, -0.1) is 0 Å². The first-order valence-electron chi connectivity index (χ1n) is 5.72. The van der Waals surface area contributed by atoms with Gasteiger partial charge in [-0.25, -0.2) is 9.07 Å². The maximum atomic E-state index is 13.9. The van der Waals surface area contributed by atoms with Gasteiger partial charge in [0.1, 0.15) is 11.5 Å². The molecule has 0 radical (unpaired) electrons. The Labute approximate surface area is 100 Å². The van der Waals surface area contributed by atoms with E-state index in [1.165, 1.54) is 0 Å². The number of rotatable bonds is 4. The molecular weight excluding hydrogens is 217 g/mol. The van der Waals surface area contributed by atoms with Gasteiger partial charge in [-0.3, -0.25) is 0 Å². The Morgan fingerprint density at radius 2 is 2.18 bits per heavy atom. The molecule has 2 rings (SSSR count). The zero-order valence-electron chi connectivity index (χ0n) is 10.1. The van der Waals surface area contributed by atoms with Crippen molar-refractivity contribution in [2.75, 3.05) is 6.54 Å². The van der Waals surface area contributed by atoms with Crippen LogP contribution in [-0.4, -0.2) is 16.3 Å². The number of benzene rings is 1. The van der Waals surface area contributed by atoms with E-state index in [0.29, 0.717) is 12.2 Å². The van der Waals surface area contributed by atoms with Crippen molar-refractivity contribution in [3.63, 3.8) is 0 Å². The maximum absolute atomic E-state index is 13.9. The maximum Gasteiger partial charge on any atom is 0.149 e. The van der Waals surface area contributed by atoms with Gasteiger partial charge in [0.2, 0.25) is 0 Å². The summed E-state index contributed by atoms with van der Waals surface area (Å²) in [5, 5.41) is 7.36. The second kappa shape index (κ2) is 5.10. The van der Waals surface area contributed by atoms with E-state index < -0.39 is 0 Å². The van der Waals surface area contributed by atoms with Crippen molar-refractivity contribution in [1.82, 2.24) is 15.1 Å². The molecule has 0 saturated carbocycles. The highest BCUT2D eigenvalue weighted by molar-refractivity contribution is 5.36. The van der Waals surface area contributed by atoms with Gasteiger partial charge < -0.3 is 5.32 Å². The molecule has 1 heterocycles. The highest BCUT2D eigenvalue weighted by atomic mass is 19.1. The van der Waals surface area contributed by atoms with Crippen LogP contribution in [0.4, 0.5) is 4.39 Å². The third-order valence-corrected chi connectivity index (χ3v) is 2.56. The molecule has 0 spiro atoms. The van der Waals surface area contributed by atoms with Crippen molar-refractivity contribution < 1.29 is 4.39 Å².